The summed E-state index contributed by atoms with van der Waals surface area (Å²) in [5.74, 6) is 1.15. The van der Waals surface area contributed by atoms with Gasteiger partial charge >= 0.3 is 6.09 Å². The fourth-order valence-electron chi connectivity index (χ4n) is 6.25. The van der Waals surface area contributed by atoms with Crippen LogP contribution in [-0.2, 0) is 14.0 Å². The molecule has 4 heterocycles. The van der Waals surface area contributed by atoms with Gasteiger partial charge in [0, 0.05) is 65.4 Å². The zero-order valence-electron chi connectivity index (χ0n) is 24.8. The van der Waals surface area contributed by atoms with Crippen LogP contribution in [0, 0.1) is 6.92 Å². The number of ether oxygens (including phenoxy) is 2. The van der Waals surface area contributed by atoms with Crippen LogP contribution in [0.2, 0.25) is 0 Å². The zero-order valence-corrected chi connectivity index (χ0v) is 26.5. The summed E-state index contributed by atoms with van der Waals surface area (Å²) in [6, 6.07) is 8.43. The number of thiazole rings is 1. The number of carbonyl (C=O) groups is 1. The molecule has 2 aromatic heterocycles. The molecular weight excluding hydrogens is 569 g/mol. The molecule has 6 rings (SSSR count). The summed E-state index contributed by atoms with van der Waals surface area (Å²) in [5.41, 5.74) is 3.00. The normalized spacial score (nSPS) is 23.8. The standard InChI is InChI=1S/C31H42N5O4PS/c1-20(2)40-31(37)34-23-10-8-22(9-11-23)30-32-19-27(42-30)25-13-12-24(18-26(25)41(38)15-6-16-41)33-28-17-21(3)36(35-28)29-7-4-5-14-39-29/h12-13,17-20,22-23,29H,4-11,14-16H2,1-3H3,(H,33,35)(H,34,37)/t22-,23-,29?. The summed E-state index contributed by atoms with van der Waals surface area (Å²) in [6.07, 6.45) is 11.0. The van der Waals surface area contributed by atoms with E-state index in [-0.39, 0.29) is 24.5 Å². The van der Waals surface area contributed by atoms with Crippen molar-refractivity contribution in [2.45, 2.75) is 96.4 Å². The molecule has 0 radical (unpaired) electrons. The molecule has 226 valence electrons. The van der Waals surface area contributed by atoms with Gasteiger partial charge in [-0.05, 0) is 84.3 Å². The number of nitrogens with one attached hydrogen (secondary N) is 2. The molecule has 2 saturated heterocycles. The highest BCUT2D eigenvalue weighted by molar-refractivity contribution is 7.73. The summed E-state index contributed by atoms with van der Waals surface area (Å²) in [7, 11) is -2.42. The van der Waals surface area contributed by atoms with Crippen molar-refractivity contribution in [1.82, 2.24) is 20.1 Å². The Labute approximate surface area is 252 Å². The van der Waals surface area contributed by atoms with E-state index in [9.17, 15) is 9.36 Å². The molecule has 1 atom stereocenters. The molecule has 3 aromatic rings. The lowest BCUT2D eigenvalue weighted by Crippen LogP contribution is -2.38. The maximum absolute atomic E-state index is 13.9. The smallest absolute Gasteiger partial charge is 0.407 e. The van der Waals surface area contributed by atoms with Crippen LogP contribution in [-0.4, -0.2) is 51.9 Å². The predicted molar refractivity (Wildman–Crippen MR) is 168 cm³/mol. The molecule has 2 aliphatic heterocycles. The molecule has 0 spiro atoms. The molecule has 11 heteroatoms. The van der Waals surface area contributed by atoms with Crippen LogP contribution in [0.1, 0.15) is 88.1 Å². The Morgan fingerprint density at radius 2 is 1.93 bits per heavy atom. The monoisotopic (exact) mass is 611 g/mol. The van der Waals surface area contributed by atoms with Gasteiger partial charge in [-0.15, -0.1) is 11.3 Å². The number of alkyl carbamates (subject to hydrolysis) is 1. The van der Waals surface area contributed by atoms with Crippen molar-refractivity contribution >= 4 is 41.4 Å². The Kier molecular flexibility index (Phi) is 8.75. The molecule has 1 saturated carbocycles. The number of carbonyl (C=O) groups excluding carboxylic acids is 1. The second kappa shape index (κ2) is 12.5. The lowest BCUT2D eigenvalue weighted by Gasteiger charge is -2.29. The molecule has 1 aliphatic carbocycles. The molecule has 1 amide bonds. The van der Waals surface area contributed by atoms with E-state index < -0.39 is 7.14 Å². The second-order valence-corrected chi connectivity index (χ2v) is 16.4. The van der Waals surface area contributed by atoms with Crippen LogP contribution in [0.4, 0.5) is 16.3 Å². The van der Waals surface area contributed by atoms with E-state index >= 15 is 0 Å². The number of anilines is 2. The van der Waals surface area contributed by atoms with Gasteiger partial charge in [0.1, 0.15) is 7.14 Å². The molecule has 1 aromatic carbocycles. The first-order chi connectivity index (χ1) is 20.3. The van der Waals surface area contributed by atoms with Crippen molar-refractivity contribution in [3.05, 3.63) is 41.2 Å². The van der Waals surface area contributed by atoms with Crippen molar-refractivity contribution in [3.8, 4) is 10.4 Å². The Balaban J connectivity index is 1.17. The van der Waals surface area contributed by atoms with Crippen molar-refractivity contribution < 1.29 is 18.8 Å². The summed E-state index contributed by atoms with van der Waals surface area (Å²) < 4.78 is 27.1. The molecule has 42 heavy (non-hydrogen) atoms. The fraction of sp³-hybridized carbons (Fsp3) is 0.581. The Bertz CT molecular complexity index is 1450. The van der Waals surface area contributed by atoms with Crippen LogP contribution in [0.15, 0.2) is 30.5 Å². The Morgan fingerprint density at radius 1 is 1.12 bits per heavy atom. The third kappa shape index (κ3) is 6.46. The minimum atomic E-state index is -2.42. The summed E-state index contributed by atoms with van der Waals surface area (Å²) in [6.45, 7) is 6.55. The van der Waals surface area contributed by atoms with Crippen LogP contribution in [0.5, 0.6) is 0 Å². The van der Waals surface area contributed by atoms with Crippen molar-refractivity contribution in [2.24, 2.45) is 0 Å². The van der Waals surface area contributed by atoms with Gasteiger partial charge in [-0.3, -0.25) is 0 Å². The van der Waals surface area contributed by atoms with Crippen molar-refractivity contribution in [1.29, 1.82) is 0 Å². The van der Waals surface area contributed by atoms with Crippen LogP contribution >= 0.6 is 18.5 Å². The number of amides is 1. The first kappa shape index (κ1) is 29.4. The van der Waals surface area contributed by atoms with Crippen LogP contribution in [0.25, 0.3) is 10.4 Å². The van der Waals surface area contributed by atoms with Crippen molar-refractivity contribution in [3.63, 3.8) is 0 Å². The van der Waals surface area contributed by atoms with Gasteiger partial charge in [0.15, 0.2) is 12.0 Å². The quantitative estimate of drug-likeness (QED) is 0.257. The molecule has 9 nitrogen and oxygen atoms in total. The fourth-order valence-corrected chi connectivity index (χ4v) is 9.83. The van der Waals surface area contributed by atoms with Gasteiger partial charge in [-0.1, -0.05) is 6.07 Å². The van der Waals surface area contributed by atoms with Gasteiger partial charge in [0.05, 0.1) is 16.0 Å². The number of aryl methyl sites for hydroxylation is 1. The average Bonchev–Trinajstić information content (AvgIpc) is 3.59. The molecule has 2 N–H and O–H groups in total. The van der Waals surface area contributed by atoms with E-state index in [2.05, 4.69) is 35.8 Å². The van der Waals surface area contributed by atoms with E-state index in [4.69, 9.17) is 19.6 Å². The maximum atomic E-state index is 13.9. The van der Waals surface area contributed by atoms with E-state index in [0.29, 0.717) is 5.92 Å². The van der Waals surface area contributed by atoms with Gasteiger partial charge in [-0.2, -0.15) is 5.10 Å². The lowest BCUT2D eigenvalue weighted by molar-refractivity contribution is -0.0404. The topological polar surface area (TPSA) is 107 Å². The summed E-state index contributed by atoms with van der Waals surface area (Å²) >= 11 is 1.72. The van der Waals surface area contributed by atoms with Crippen molar-refractivity contribution in [2.75, 3.05) is 24.2 Å². The zero-order chi connectivity index (χ0) is 29.3. The van der Waals surface area contributed by atoms with Crippen LogP contribution in [0.3, 0.4) is 0 Å². The number of benzene rings is 1. The minimum Gasteiger partial charge on any atom is -0.447 e. The molecular formula is C31H42N5O4PS. The third-order valence-corrected chi connectivity index (χ3v) is 13.1. The Hall–Kier alpha value is -2.68. The van der Waals surface area contributed by atoms with E-state index in [1.807, 2.05) is 30.8 Å². The summed E-state index contributed by atoms with van der Waals surface area (Å²) in [4.78, 5) is 17.9. The highest BCUT2D eigenvalue weighted by Crippen LogP contribution is 2.56. The molecule has 3 aliphatic rings. The summed E-state index contributed by atoms with van der Waals surface area (Å²) in [5, 5.41) is 13.4. The predicted octanol–water partition coefficient (Wildman–Crippen LogP) is 7.31. The second-order valence-electron chi connectivity index (χ2n) is 12.2. The molecule has 0 bridgehead atoms. The van der Waals surface area contributed by atoms with E-state index in [1.165, 1.54) is 0 Å². The first-order valence-electron chi connectivity index (χ1n) is 15.4. The first-order valence-corrected chi connectivity index (χ1v) is 18.3. The van der Waals surface area contributed by atoms with Gasteiger partial charge in [0.25, 0.3) is 0 Å². The van der Waals surface area contributed by atoms with Gasteiger partial charge in [-0.25, -0.2) is 14.5 Å². The Morgan fingerprint density at radius 3 is 2.62 bits per heavy atom. The maximum Gasteiger partial charge on any atom is 0.407 e. The SMILES string of the molecule is Cc1cc(Nc2ccc(-c3cnc([C@H]4CC[C@H](NC(=O)OC(C)C)CC4)s3)c(P3(=O)CCC3)c2)nn1C1CCCCO1. The van der Waals surface area contributed by atoms with Crippen LogP contribution < -0.4 is 15.9 Å². The number of nitrogens with zero attached hydrogens (tertiary/aromatic N) is 3. The lowest BCUT2D eigenvalue weighted by atomic mass is 9.86. The number of rotatable bonds is 8. The van der Waals surface area contributed by atoms with Gasteiger partial charge in [0.2, 0.25) is 0 Å². The highest BCUT2D eigenvalue weighted by atomic mass is 32.1. The third-order valence-electron chi connectivity index (χ3n) is 8.63. The molecule has 3 fully saturated rings. The average molecular weight is 612 g/mol. The molecule has 1 unspecified atom stereocenters. The highest BCUT2D eigenvalue weighted by Gasteiger charge is 2.35. The van der Waals surface area contributed by atoms with E-state index in [0.717, 1.165) is 108 Å². The van der Waals surface area contributed by atoms with E-state index in [1.54, 1.807) is 11.3 Å². The minimum absolute atomic E-state index is 0.00808. The van der Waals surface area contributed by atoms with Gasteiger partial charge < -0.3 is 24.7 Å². The number of aromatic nitrogens is 3. The largest absolute Gasteiger partial charge is 0.447 e. The number of hydrogen-bond donors (Lipinski definition) is 2. The number of hydrogen-bond acceptors (Lipinski definition) is 8.